The Bertz CT molecular complexity index is 3300. The minimum Gasteiger partial charge on any atom is -0.462 e. The molecule has 3 aromatic carbocycles. The average molecular weight is 1200 g/mol. The minimum absolute atomic E-state index is 0.0271. The molecule has 5 aliphatic rings. The first-order valence-corrected chi connectivity index (χ1v) is 34.5. The van der Waals surface area contributed by atoms with Crippen molar-refractivity contribution in [1.82, 2.24) is 18.8 Å². The molecule has 1 amide bonds. The molecule has 0 bridgehead atoms. The molecule has 0 radical (unpaired) electrons. The summed E-state index contributed by atoms with van der Waals surface area (Å²) < 4.78 is 18.6. The second kappa shape index (κ2) is 32.0. The van der Waals surface area contributed by atoms with Gasteiger partial charge in [-0.3, -0.25) is 24.1 Å². The Labute approximate surface area is 514 Å². The van der Waals surface area contributed by atoms with Crippen LogP contribution in [0.15, 0.2) is 122 Å². The van der Waals surface area contributed by atoms with Crippen LogP contribution in [-0.4, -0.2) is 119 Å². The van der Waals surface area contributed by atoms with E-state index < -0.39 is 34.1 Å². The van der Waals surface area contributed by atoms with Crippen LogP contribution in [0.3, 0.4) is 0 Å². The van der Waals surface area contributed by atoms with E-state index >= 15 is 0 Å². The maximum atomic E-state index is 13.0. The number of hydrogen-bond acceptors (Lipinski definition) is 13. The summed E-state index contributed by atoms with van der Waals surface area (Å²) in [5.74, 6) is -0.143. The SMILES string of the molecule is CCOC(=O)c1cn(B(C)O)c2c1C(=O)C1CCCC1CC2.CCOC(=O)c1cn(B(C)O)c2c1C(=O)C=CCC2.COCN(Cc1ccccc1)C[Si](C)(C)C.Nc1ccccc1.O=C(Nc1ccccc1)c1c[nH]c2c1C(=O)C1CCCC1CC2. The van der Waals surface area contributed by atoms with Crippen LogP contribution in [0.4, 0.5) is 11.4 Å². The van der Waals surface area contributed by atoms with Crippen molar-refractivity contribution in [3.05, 3.63) is 178 Å². The lowest BCUT2D eigenvalue weighted by Gasteiger charge is -2.28. The van der Waals surface area contributed by atoms with E-state index in [9.17, 15) is 38.8 Å². The van der Waals surface area contributed by atoms with Crippen LogP contribution < -0.4 is 11.1 Å². The first kappa shape index (κ1) is 67.2. The van der Waals surface area contributed by atoms with Crippen molar-refractivity contribution in [2.45, 2.75) is 131 Å². The number of aromatic nitrogens is 3. The van der Waals surface area contributed by atoms with E-state index in [-0.39, 0.29) is 53.9 Å². The molecule has 0 aliphatic heterocycles. The fourth-order valence-electron chi connectivity index (χ4n) is 12.7. The van der Waals surface area contributed by atoms with Gasteiger partial charge in [0.2, 0.25) is 0 Å². The van der Waals surface area contributed by atoms with E-state index in [1.165, 1.54) is 24.0 Å². The number of nitrogens with one attached hydrogen (secondary N) is 2. The monoisotopic (exact) mass is 1200 g/mol. The number of carbonyl (C=O) groups is 6. The van der Waals surface area contributed by atoms with Crippen molar-refractivity contribution >= 4 is 68.7 Å². The van der Waals surface area contributed by atoms with Crippen LogP contribution in [0, 0.1) is 23.7 Å². The summed E-state index contributed by atoms with van der Waals surface area (Å²) in [6.45, 7) is 16.1. The number of ketones is 3. The van der Waals surface area contributed by atoms with Crippen LogP contribution in [-0.2, 0) is 40.0 Å². The van der Waals surface area contributed by atoms with Gasteiger partial charge in [-0.1, -0.05) is 105 Å². The highest BCUT2D eigenvalue weighted by molar-refractivity contribution is 6.76. The molecule has 0 saturated heterocycles. The molecule has 20 heteroatoms. The highest BCUT2D eigenvalue weighted by atomic mass is 28.3. The van der Waals surface area contributed by atoms with Gasteiger partial charge in [-0.15, -0.1) is 0 Å². The predicted molar refractivity (Wildman–Crippen MR) is 346 cm³/mol. The Morgan fingerprint density at radius 1 is 0.690 bits per heavy atom. The zero-order valence-electron chi connectivity index (χ0n) is 52.0. The van der Waals surface area contributed by atoms with Gasteiger partial charge in [0.15, 0.2) is 17.3 Å². The average Bonchev–Trinajstić information content (AvgIpc) is 1.75. The summed E-state index contributed by atoms with van der Waals surface area (Å²) in [7, 11) is -0.850. The quantitative estimate of drug-likeness (QED) is 0.0296. The number of aryl methyl sites for hydroxylation is 1. The number of nitrogens with two attached hydrogens (primary N) is 1. The van der Waals surface area contributed by atoms with Gasteiger partial charge < -0.3 is 49.2 Å². The Hall–Kier alpha value is -7.35. The van der Waals surface area contributed by atoms with Gasteiger partial charge in [0.05, 0.1) is 61.4 Å². The molecule has 87 heavy (non-hydrogen) atoms. The molecule has 11 rings (SSSR count). The highest BCUT2D eigenvalue weighted by Crippen LogP contribution is 2.43. The van der Waals surface area contributed by atoms with E-state index in [1.807, 2.05) is 60.7 Å². The summed E-state index contributed by atoms with van der Waals surface area (Å²) in [6, 6.07) is 29.4. The van der Waals surface area contributed by atoms with Crippen LogP contribution in [0.2, 0.25) is 33.3 Å². The number of para-hydroxylation sites is 2. The van der Waals surface area contributed by atoms with Crippen LogP contribution in [0.1, 0.15) is 156 Å². The van der Waals surface area contributed by atoms with E-state index in [4.69, 9.17) is 19.9 Å². The zero-order valence-corrected chi connectivity index (χ0v) is 53.0. The molecular formula is C67H88B2N6O11Si. The summed E-state index contributed by atoms with van der Waals surface area (Å²) in [5.41, 5.74) is 13.2. The molecule has 6 aromatic rings. The normalized spacial score (nSPS) is 18.0. The Balaban J connectivity index is 0.000000161. The molecule has 4 atom stereocenters. The fraction of sp³-hybridized carbons (Fsp3) is 0.433. The lowest BCUT2D eigenvalue weighted by atomic mass is 9.87. The first-order valence-electron chi connectivity index (χ1n) is 30.8. The van der Waals surface area contributed by atoms with E-state index in [1.54, 1.807) is 62.0 Å². The minimum atomic E-state index is -1.07. The number of nitrogens with zero attached hydrogens (tertiary/aromatic N) is 3. The van der Waals surface area contributed by atoms with Gasteiger partial charge in [-0.2, -0.15) is 0 Å². The van der Waals surface area contributed by atoms with Crippen LogP contribution >= 0.6 is 0 Å². The number of anilines is 2. The molecule has 4 unspecified atom stereocenters. The van der Waals surface area contributed by atoms with Crippen molar-refractivity contribution in [1.29, 1.82) is 0 Å². The number of nitrogen functional groups attached to an aromatic ring is 1. The van der Waals surface area contributed by atoms with Gasteiger partial charge in [0, 0.05) is 72.5 Å². The van der Waals surface area contributed by atoms with Gasteiger partial charge in [-0.25, -0.2) is 9.59 Å². The number of carbonyl (C=O) groups excluding carboxylic acids is 6. The highest BCUT2D eigenvalue weighted by Gasteiger charge is 2.42. The number of esters is 2. The van der Waals surface area contributed by atoms with E-state index in [0.29, 0.717) is 58.2 Å². The molecule has 0 spiro atoms. The van der Waals surface area contributed by atoms with E-state index in [0.717, 1.165) is 100 Å². The third-order valence-electron chi connectivity index (χ3n) is 16.4. The van der Waals surface area contributed by atoms with Crippen LogP contribution in [0.5, 0.6) is 0 Å². The van der Waals surface area contributed by atoms with Crippen molar-refractivity contribution in [2.75, 3.05) is 44.3 Å². The summed E-state index contributed by atoms with van der Waals surface area (Å²) in [5, 5.41) is 22.6. The zero-order chi connectivity index (χ0) is 62.8. The van der Waals surface area contributed by atoms with Gasteiger partial charge in [-0.05, 0) is 146 Å². The summed E-state index contributed by atoms with van der Waals surface area (Å²) >= 11 is 0. The lowest BCUT2D eigenvalue weighted by molar-refractivity contribution is 0.0514. The molecule has 3 aromatic heterocycles. The largest absolute Gasteiger partial charge is 0.462 e. The topological polar surface area (TPSA) is 238 Å². The van der Waals surface area contributed by atoms with Gasteiger partial charge in [0.25, 0.3) is 5.91 Å². The van der Waals surface area contributed by atoms with Gasteiger partial charge >= 0.3 is 26.0 Å². The maximum Gasteiger partial charge on any atom is 0.413 e. The number of benzene rings is 3. The van der Waals surface area contributed by atoms with Gasteiger partial charge in [0.1, 0.15) is 0 Å². The Morgan fingerprint density at radius 3 is 1.72 bits per heavy atom. The van der Waals surface area contributed by atoms with Crippen molar-refractivity contribution in [3.63, 3.8) is 0 Å². The molecule has 6 N–H and O–H groups in total. The third kappa shape index (κ3) is 17.9. The second-order valence-electron chi connectivity index (χ2n) is 24.2. The molecule has 2 fully saturated rings. The molecule has 462 valence electrons. The summed E-state index contributed by atoms with van der Waals surface area (Å²) in [6.07, 6.45) is 20.4. The molecule has 3 heterocycles. The number of Topliss-reactive ketones (excluding diaryl/α,β-unsaturated/α-hetero) is 2. The van der Waals surface area contributed by atoms with Crippen molar-refractivity contribution in [2.24, 2.45) is 23.7 Å². The third-order valence-corrected chi connectivity index (χ3v) is 17.8. The number of hydrogen-bond donors (Lipinski definition) is 5. The number of fused-ring (bicyclic) bond motifs is 5. The Kier molecular flexibility index (Phi) is 24.7. The Morgan fingerprint density at radius 2 is 1.21 bits per heavy atom. The van der Waals surface area contributed by atoms with Crippen LogP contribution in [0.25, 0.3) is 0 Å². The predicted octanol–water partition coefficient (Wildman–Crippen LogP) is 11.5. The number of ether oxygens (including phenoxy) is 3. The number of methoxy groups -OCH3 is 1. The lowest BCUT2D eigenvalue weighted by Crippen LogP contribution is -2.40. The molecule has 2 saturated carbocycles. The number of allylic oxidation sites excluding steroid dienone is 2. The number of aromatic amines is 1. The number of amides is 1. The fourth-order valence-corrected chi connectivity index (χ4v) is 14.2. The summed E-state index contributed by atoms with van der Waals surface area (Å²) in [4.78, 5) is 80.3. The molecular weight excluding hydrogens is 1110 g/mol. The molecule has 5 aliphatic carbocycles. The first-order chi connectivity index (χ1) is 41.7. The maximum absolute atomic E-state index is 13.0. The van der Waals surface area contributed by atoms with Crippen molar-refractivity contribution in [3.8, 4) is 0 Å². The number of H-pyrrole nitrogens is 1. The molecule has 17 nitrogen and oxygen atoms in total. The van der Waals surface area contributed by atoms with Crippen molar-refractivity contribution < 1.29 is 53.0 Å². The van der Waals surface area contributed by atoms with E-state index in [2.05, 4.69) is 65.2 Å². The standard InChI is InChI=1S/C19H20N2O2.C16H22BNO4.C13H16BNO4.C13H23NOSi.C6H7N/c22-18-14-8-4-5-12(14)9-10-16-17(18)15(11-20-16)19(23)21-13-6-2-1-3-7-13;1-3-22-16(20)12-9-18(17(2)21)13-8-7-10-5-4-6-11(10)15(19)14(12)13;1-3-19-13(17)9-8-15(14(2)18)10-6-4-5-7-11(16)12(9)10;1-15-11-14(12-16(2,3)4)10-13-8-6-5-7-9-13;7-6-4-2-1-3-5-6/h1-3,6-7,11-12,14,20H,4-5,8-10H2,(H,21,23);9-11,21H,3-8H2,1-2H3;5,7-8,18H,3-4,6H2,1-2H3;5-9H,10-12H2,1-4H3;1-5H,7H2. The number of rotatable bonds is 14. The second-order valence-corrected chi connectivity index (χ2v) is 29.6. The smallest absolute Gasteiger partial charge is 0.413 e.